The molecule has 2 nitrogen and oxygen atoms in total. The molecular formula is C12H16O2. The molecule has 0 unspecified atom stereocenters. The Bertz CT molecular complexity index is 294. The van der Waals surface area contributed by atoms with E-state index in [9.17, 15) is 5.11 Å². The highest BCUT2D eigenvalue weighted by atomic mass is 16.5. The fourth-order valence-electron chi connectivity index (χ4n) is 1.40. The van der Waals surface area contributed by atoms with Gasteiger partial charge in [0.15, 0.2) is 0 Å². The predicted molar refractivity (Wildman–Crippen MR) is 57.0 cm³/mol. The molecule has 0 heterocycles. The van der Waals surface area contributed by atoms with Gasteiger partial charge >= 0.3 is 0 Å². The second-order valence-corrected chi connectivity index (χ2v) is 3.27. The highest BCUT2D eigenvalue weighted by molar-refractivity contribution is 5.28. The molecule has 0 aromatic heterocycles. The lowest BCUT2D eigenvalue weighted by Crippen LogP contribution is -2.36. The van der Waals surface area contributed by atoms with Crippen molar-refractivity contribution in [1.29, 1.82) is 0 Å². The van der Waals surface area contributed by atoms with Gasteiger partial charge in [-0.3, -0.25) is 0 Å². The van der Waals surface area contributed by atoms with Crippen LogP contribution in [0.4, 0.5) is 0 Å². The third kappa shape index (κ3) is 1.86. The standard InChI is InChI=1S/C12H16O2/c1-4-12(13,10(2)14-3)11-8-6-5-7-9-11/h4-10,13H,1H2,2-3H3/t10-,12-/m0/s1. The molecular weight excluding hydrogens is 176 g/mol. The summed E-state index contributed by atoms with van der Waals surface area (Å²) in [5, 5.41) is 10.3. The lowest BCUT2D eigenvalue weighted by Gasteiger charge is -2.30. The van der Waals surface area contributed by atoms with Gasteiger partial charge in [0, 0.05) is 7.11 Å². The Balaban J connectivity index is 3.08. The van der Waals surface area contributed by atoms with Gasteiger partial charge in [0.25, 0.3) is 0 Å². The van der Waals surface area contributed by atoms with Gasteiger partial charge in [0.05, 0.1) is 6.10 Å². The highest BCUT2D eigenvalue weighted by Crippen LogP contribution is 2.27. The molecule has 1 rings (SSSR count). The zero-order valence-electron chi connectivity index (χ0n) is 8.60. The topological polar surface area (TPSA) is 29.5 Å². The van der Waals surface area contributed by atoms with E-state index in [1.54, 1.807) is 7.11 Å². The minimum absolute atomic E-state index is 0.317. The summed E-state index contributed by atoms with van der Waals surface area (Å²) >= 11 is 0. The van der Waals surface area contributed by atoms with E-state index < -0.39 is 5.60 Å². The number of hydrogen-bond acceptors (Lipinski definition) is 2. The van der Waals surface area contributed by atoms with Crippen LogP contribution < -0.4 is 0 Å². The van der Waals surface area contributed by atoms with E-state index in [2.05, 4.69) is 6.58 Å². The first-order valence-electron chi connectivity index (χ1n) is 4.59. The van der Waals surface area contributed by atoms with Crippen molar-refractivity contribution in [3.63, 3.8) is 0 Å². The van der Waals surface area contributed by atoms with Crippen LogP contribution >= 0.6 is 0 Å². The Hall–Kier alpha value is -1.12. The van der Waals surface area contributed by atoms with Crippen LogP contribution in [0.3, 0.4) is 0 Å². The van der Waals surface area contributed by atoms with Gasteiger partial charge in [-0.2, -0.15) is 0 Å². The van der Waals surface area contributed by atoms with Gasteiger partial charge < -0.3 is 9.84 Å². The average molecular weight is 192 g/mol. The molecule has 0 bridgehead atoms. The van der Waals surface area contributed by atoms with E-state index in [0.717, 1.165) is 5.56 Å². The Morgan fingerprint density at radius 2 is 2.00 bits per heavy atom. The lowest BCUT2D eigenvalue weighted by atomic mass is 9.89. The first-order valence-corrected chi connectivity index (χ1v) is 4.59. The molecule has 0 saturated heterocycles. The summed E-state index contributed by atoms with van der Waals surface area (Å²) in [7, 11) is 1.57. The van der Waals surface area contributed by atoms with Gasteiger partial charge in [0.1, 0.15) is 5.60 Å². The normalized spacial score (nSPS) is 17.1. The molecule has 0 aliphatic carbocycles. The van der Waals surface area contributed by atoms with Gasteiger partial charge in [-0.15, -0.1) is 0 Å². The maximum atomic E-state index is 10.3. The van der Waals surface area contributed by atoms with Gasteiger partial charge in [-0.05, 0) is 12.5 Å². The van der Waals surface area contributed by atoms with Crippen molar-refractivity contribution in [2.45, 2.75) is 18.6 Å². The quantitative estimate of drug-likeness (QED) is 0.740. The Kier molecular flexibility index (Phi) is 3.44. The number of hydrogen-bond donors (Lipinski definition) is 1. The number of rotatable bonds is 4. The molecule has 0 fully saturated rings. The Labute approximate surface area is 84.8 Å². The molecule has 0 aliphatic rings. The average Bonchev–Trinajstić information content (AvgIpc) is 2.28. The molecule has 1 aromatic carbocycles. The predicted octanol–water partition coefficient (Wildman–Crippen LogP) is 2.10. The fraction of sp³-hybridized carbons (Fsp3) is 0.333. The van der Waals surface area contributed by atoms with Gasteiger partial charge in [-0.25, -0.2) is 0 Å². The van der Waals surface area contributed by atoms with Crippen LogP contribution in [0.1, 0.15) is 12.5 Å². The van der Waals surface area contributed by atoms with Crippen LogP contribution in [-0.4, -0.2) is 18.3 Å². The third-order valence-electron chi connectivity index (χ3n) is 2.52. The molecule has 76 valence electrons. The summed E-state index contributed by atoms with van der Waals surface area (Å²) in [5.74, 6) is 0. The number of aliphatic hydroxyl groups is 1. The minimum atomic E-state index is -1.12. The first-order chi connectivity index (χ1) is 6.65. The molecule has 0 amide bonds. The van der Waals surface area contributed by atoms with E-state index in [0.29, 0.717) is 0 Å². The summed E-state index contributed by atoms with van der Waals surface area (Å²) < 4.78 is 5.14. The summed E-state index contributed by atoms with van der Waals surface area (Å²) in [4.78, 5) is 0. The Morgan fingerprint density at radius 3 is 2.43 bits per heavy atom. The van der Waals surface area contributed by atoms with Gasteiger partial charge in [0.2, 0.25) is 0 Å². The van der Waals surface area contributed by atoms with Crippen molar-refractivity contribution in [1.82, 2.24) is 0 Å². The van der Waals surface area contributed by atoms with Crippen LogP contribution in [0.5, 0.6) is 0 Å². The summed E-state index contributed by atoms with van der Waals surface area (Å²) in [6.07, 6.45) is 1.19. The highest BCUT2D eigenvalue weighted by Gasteiger charge is 2.32. The van der Waals surface area contributed by atoms with Crippen LogP contribution in [0, 0.1) is 0 Å². The van der Waals surface area contributed by atoms with Crippen LogP contribution in [-0.2, 0) is 10.3 Å². The molecule has 1 aromatic rings. The molecule has 2 heteroatoms. The number of benzene rings is 1. The summed E-state index contributed by atoms with van der Waals surface area (Å²) in [6.45, 7) is 5.46. The van der Waals surface area contributed by atoms with Crippen LogP contribution in [0.15, 0.2) is 43.0 Å². The maximum Gasteiger partial charge on any atom is 0.133 e. The maximum absolute atomic E-state index is 10.3. The molecule has 14 heavy (non-hydrogen) atoms. The van der Waals surface area contributed by atoms with E-state index in [-0.39, 0.29) is 6.10 Å². The van der Waals surface area contributed by atoms with Gasteiger partial charge in [-0.1, -0.05) is 43.0 Å². The molecule has 0 spiro atoms. The van der Waals surface area contributed by atoms with Crippen molar-refractivity contribution < 1.29 is 9.84 Å². The zero-order chi connectivity index (χ0) is 10.6. The van der Waals surface area contributed by atoms with E-state index in [1.165, 1.54) is 6.08 Å². The van der Waals surface area contributed by atoms with Crippen molar-refractivity contribution in [2.75, 3.05) is 7.11 Å². The van der Waals surface area contributed by atoms with Crippen LogP contribution in [0.25, 0.3) is 0 Å². The summed E-state index contributed by atoms with van der Waals surface area (Å²) in [6, 6.07) is 9.39. The Morgan fingerprint density at radius 1 is 1.43 bits per heavy atom. The number of ether oxygens (including phenoxy) is 1. The van der Waals surface area contributed by atoms with Crippen molar-refractivity contribution in [3.8, 4) is 0 Å². The number of methoxy groups -OCH3 is 1. The third-order valence-corrected chi connectivity index (χ3v) is 2.52. The smallest absolute Gasteiger partial charge is 0.133 e. The van der Waals surface area contributed by atoms with E-state index in [1.807, 2.05) is 37.3 Å². The van der Waals surface area contributed by atoms with E-state index in [4.69, 9.17) is 4.74 Å². The first kappa shape index (κ1) is 11.0. The second kappa shape index (κ2) is 4.40. The SMILES string of the molecule is C=C[C@@](O)(c1ccccc1)[C@H](C)OC. The molecule has 0 saturated carbocycles. The summed E-state index contributed by atoms with van der Waals surface area (Å²) in [5.41, 5.74) is -0.319. The molecule has 1 N–H and O–H groups in total. The fourth-order valence-corrected chi connectivity index (χ4v) is 1.40. The minimum Gasteiger partial charge on any atom is -0.378 e. The zero-order valence-corrected chi connectivity index (χ0v) is 8.60. The molecule has 0 radical (unpaired) electrons. The van der Waals surface area contributed by atoms with Crippen molar-refractivity contribution >= 4 is 0 Å². The monoisotopic (exact) mass is 192 g/mol. The van der Waals surface area contributed by atoms with Crippen molar-refractivity contribution in [2.24, 2.45) is 0 Å². The second-order valence-electron chi connectivity index (χ2n) is 3.27. The molecule has 2 atom stereocenters. The van der Waals surface area contributed by atoms with E-state index >= 15 is 0 Å². The molecule has 0 aliphatic heterocycles. The van der Waals surface area contributed by atoms with Crippen LogP contribution in [0.2, 0.25) is 0 Å². The largest absolute Gasteiger partial charge is 0.378 e. The van der Waals surface area contributed by atoms with Crippen molar-refractivity contribution in [3.05, 3.63) is 48.6 Å². The lowest BCUT2D eigenvalue weighted by molar-refractivity contribution is -0.0562.